The maximum Gasteiger partial charge on any atom is -0.0257 e. The molecule has 0 spiro atoms. The maximum atomic E-state index is 2.19. The molecule has 1 rings (SSSR count). The monoisotopic (exact) mass is 146 g/mol. The highest BCUT2D eigenvalue weighted by molar-refractivity contribution is 5.49. The molecule has 0 fully saturated rings. The zero-order chi connectivity index (χ0) is 8.10. The third kappa shape index (κ3) is 2.58. The van der Waals surface area contributed by atoms with Crippen LogP contribution in [0.1, 0.15) is 24.5 Å². The van der Waals surface area contributed by atoms with E-state index in [1.165, 1.54) is 11.1 Å². The lowest BCUT2D eigenvalue weighted by Crippen LogP contribution is -1.73. The summed E-state index contributed by atoms with van der Waals surface area (Å²) in [5.41, 5.74) is 2.62. The fourth-order valence-electron chi connectivity index (χ4n) is 1.03. The molecule has 0 heterocycles. The van der Waals surface area contributed by atoms with Gasteiger partial charge >= 0.3 is 0 Å². The highest BCUT2D eigenvalue weighted by Gasteiger charge is 1.84. The van der Waals surface area contributed by atoms with Crippen molar-refractivity contribution in [2.45, 2.75) is 20.3 Å². The first-order valence-electron chi connectivity index (χ1n) is 4.06. The summed E-state index contributed by atoms with van der Waals surface area (Å²) in [4.78, 5) is 0. The van der Waals surface area contributed by atoms with Crippen molar-refractivity contribution in [3.8, 4) is 0 Å². The number of hydrogen-bond donors (Lipinski definition) is 0. The molecule has 0 aliphatic rings. The summed E-state index contributed by atoms with van der Waals surface area (Å²) < 4.78 is 0. The fraction of sp³-hybridized carbons (Fsp3) is 0.273. The van der Waals surface area contributed by atoms with Gasteiger partial charge in [0, 0.05) is 0 Å². The van der Waals surface area contributed by atoms with Crippen molar-refractivity contribution in [1.82, 2.24) is 0 Å². The normalized spacial score (nSPS) is 10.7. The largest absolute Gasteiger partial charge is 0.0842 e. The van der Waals surface area contributed by atoms with Gasteiger partial charge in [-0.25, -0.2) is 0 Å². The number of hydrogen-bond acceptors (Lipinski definition) is 0. The van der Waals surface area contributed by atoms with Gasteiger partial charge in [0.2, 0.25) is 0 Å². The Kier molecular flexibility index (Phi) is 2.91. The molecule has 58 valence electrons. The van der Waals surface area contributed by atoms with Crippen LogP contribution in [0.15, 0.2) is 30.3 Å². The molecular formula is C11H14. The Morgan fingerprint density at radius 3 is 2.82 bits per heavy atom. The lowest BCUT2D eigenvalue weighted by molar-refractivity contribution is 1.23. The Hall–Kier alpha value is -1.04. The summed E-state index contributed by atoms with van der Waals surface area (Å²) in [7, 11) is 0. The summed E-state index contributed by atoms with van der Waals surface area (Å²) in [6, 6.07) is 8.51. The van der Waals surface area contributed by atoms with Gasteiger partial charge in [0.1, 0.15) is 0 Å². The van der Waals surface area contributed by atoms with Gasteiger partial charge in [-0.2, -0.15) is 0 Å². The molecular weight excluding hydrogens is 132 g/mol. The molecule has 0 aliphatic carbocycles. The molecule has 0 aromatic heterocycles. The van der Waals surface area contributed by atoms with E-state index in [0.29, 0.717) is 0 Å². The maximum absolute atomic E-state index is 2.19. The Morgan fingerprint density at radius 1 is 1.36 bits per heavy atom. The van der Waals surface area contributed by atoms with E-state index in [9.17, 15) is 0 Å². The molecule has 0 bridgehead atoms. The minimum Gasteiger partial charge on any atom is -0.0842 e. The van der Waals surface area contributed by atoms with E-state index >= 15 is 0 Å². The molecule has 0 nitrogen and oxygen atoms in total. The van der Waals surface area contributed by atoms with Crippen LogP contribution >= 0.6 is 0 Å². The van der Waals surface area contributed by atoms with Gasteiger partial charge in [-0.3, -0.25) is 0 Å². The van der Waals surface area contributed by atoms with Gasteiger partial charge in [0.05, 0.1) is 0 Å². The summed E-state index contributed by atoms with van der Waals surface area (Å²) >= 11 is 0. The van der Waals surface area contributed by atoms with E-state index < -0.39 is 0 Å². The highest BCUT2D eigenvalue weighted by Crippen LogP contribution is 2.05. The molecule has 0 N–H and O–H groups in total. The molecule has 11 heavy (non-hydrogen) atoms. The van der Waals surface area contributed by atoms with Crippen molar-refractivity contribution in [2.75, 3.05) is 0 Å². The summed E-state index contributed by atoms with van der Waals surface area (Å²) in [6.45, 7) is 4.26. The van der Waals surface area contributed by atoms with Crippen molar-refractivity contribution in [3.05, 3.63) is 41.5 Å². The van der Waals surface area contributed by atoms with Gasteiger partial charge in [-0.1, -0.05) is 48.9 Å². The first-order chi connectivity index (χ1) is 5.33. The standard InChI is InChI=1S/C11H14/c1-3-4-7-11-8-5-6-10(2)9-11/h4-9H,3H2,1-2H3/b7-4+. The Morgan fingerprint density at radius 2 is 2.18 bits per heavy atom. The second-order valence-electron chi connectivity index (χ2n) is 2.72. The van der Waals surface area contributed by atoms with Crippen LogP contribution in [0.25, 0.3) is 6.08 Å². The SMILES string of the molecule is CC/C=C/c1cccc(C)c1. The molecule has 0 saturated carbocycles. The van der Waals surface area contributed by atoms with Crippen LogP contribution in [0.5, 0.6) is 0 Å². The second kappa shape index (κ2) is 3.97. The zero-order valence-corrected chi connectivity index (χ0v) is 7.17. The lowest BCUT2D eigenvalue weighted by Gasteiger charge is -1.93. The van der Waals surface area contributed by atoms with Crippen molar-refractivity contribution >= 4 is 6.08 Å². The Labute approximate surface area is 68.6 Å². The Balaban J connectivity index is 2.79. The average Bonchev–Trinajstić information content (AvgIpc) is 2.01. The molecule has 1 aromatic carbocycles. The van der Waals surface area contributed by atoms with E-state index in [2.05, 4.69) is 50.3 Å². The molecule has 0 atom stereocenters. The topological polar surface area (TPSA) is 0 Å². The van der Waals surface area contributed by atoms with Crippen LogP contribution in [0.3, 0.4) is 0 Å². The van der Waals surface area contributed by atoms with Crippen LogP contribution in [0.2, 0.25) is 0 Å². The van der Waals surface area contributed by atoms with E-state index in [4.69, 9.17) is 0 Å². The van der Waals surface area contributed by atoms with Crippen LogP contribution in [-0.2, 0) is 0 Å². The third-order valence-corrected chi connectivity index (χ3v) is 1.59. The van der Waals surface area contributed by atoms with Gasteiger partial charge in [0.15, 0.2) is 0 Å². The van der Waals surface area contributed by atoms with Crippen LogP contribution in [0.4, 0.5) is 0 Å². The number of allylic oxidation sites excluding steroid dienone is 1. The van der Waals surface area contributed by atoms with Crippen LogP contribution < -0.4 is 0 Å². The van der Waals surface area contributed by atoms with Gasteiger partial charge in [-0.15, -0.1) is 0 Å². The molecule has 0 unspecified atom stereocenters. The fourth-order valence-corrected chi connectivity index (χ4v) is 1.03. The van der Waals surface area contributed by atoms with Crippen molar-refractivity contribution in [2.24, 2.45) is 0 Å². The van der Waals surface area contributed by atoms with Crippen molar-refractivity contribution < 1.29 is 0 Å². The predicted molar refractivity (Wildman–Crippen MR) is 50.5 cm³/mol. The average molecular weight is 146 g/mol. The molecule has 1 aromatic rings. The zero-order valence-electron chi connectivity index (χ0n) is 7.17. The summed E-state index contributed by atoms with van der Waals surface area (Å²) in [5.74, 6) is 0. The van der Waals surface area contributed by atoms with Crippen molar-refractivity contribution in [1.29, 1.82) is 0 Å². The minimum atomic E-state index is 1.11. The molecule has 0 radical (unpaired) electrons. The van der Waals surface area contributed by atoms with E-state index in [-0.39, 0.29) is 0 Å². The lowest BCUT2D eigenvalue weighted by atomic mass is 10.1. The van der Waals surface area contributed by atoms with E-state index in [1.807, 2.05) is 0 Å². The second-order valence-corrected chi connectivity index (χ2v) is 2.72. The van der Waals surface area contributed by atoms with Crippen LogP contribution in [0, 0.1) is 6.92 Å². The Bertz CT molecular complexity index is 246. The van der Waals surface area contributed by atoms with Gasteiger partial charge in [-0.05, 0) is 18.9 Å². The summed E-state index contributed by atoms with van der Waals surface area (Å²) in [6.07, 6.45) is 5.44. The quantitative estimate of drug-likeness (QED) is 0.599. The summed E-state index contributed by atoms with van der Waals surface area (Å²) in [5, 5.41) is 0. The molecule has 0 saturated heterocycles. The van der Waals surface area contributed by atoms with Crippen molar-refractivity contribution in [3.63, 3.8) is 0 Å². The number of aryl methyl sites for hydroxylation is 1. The number of benzene rings is 1. The van der Waals surface area contributed by atoms with Gasteiger partial charge < -0.3 is 0 Å². The first-order valence-corrected chi connectivity index (χ1v) is 4.06. The highest BCUT2D eigenvalue weighted by atomic mass is 13.9. The third-order valence-electron chi connectivity index (χ3n) is 1.59. The molecule has 0 heteroatoms. The first kappa shape index (κ1) is 8.06. The molecule has 0 aliphatic heterocycles. The smallest absolute Gasteiger partial charge is 0.0257 e. The van der Waals surface area contributed by atoms with Gasteiger partial charge in [0.25, 0.3) is 0 Å². The number of rotatable bonds is 2. The van der Waals surface area contributed by atoms with Crippen LogP contribution in [-0.4, -0.2) is 0 Å². The predicted octanol–water partition coefficient (Wildman–Crippen LogP) is 3.42. The molecule has 0 amide bonds. The van der Waals surface area contributed by atoms with E-state index in [1.54, 1.807) is 0 Å². The van der Waals surface area contributed by atoms with E-state index in [0.717, 1.165) is 6.42 Å². The minimum absolute atomic E-state index is 1.11.